The van der Waals surface area contributed by atoms with Crippen LogP contribution in [0.2, 0.25) is 0 Å². The Morgan fingerprint density at radius 2 is 2.05 bits per heavy atom. The third kappa shape index (κ3) is 4.51. The molecule has 1 heterocycles. The van der Waals surface area contributed by atoms with Crippen LogP contribution < -0.4 is 10.0 Å². The molecule has 2 N–H and O–H groups in total. The topological polar surface area (TPSA) is 61.4 Å². The normalized spacial score (nSPS) is 17.9. The van der Waals surface area contributed by atoms with Gasteiger partial charge in [-0.3, -0.25) is 4.72 Å². The van der Waals surface area contributed by atoms with Gasteiger partial charge in [0.05, 0.1) is 5.69 Å². The molecule has 0 aliphatic carbocycles. The highest BCUT2D eigenvalue weighted by Gasteiger charge is 2.28. The van der Waals surface area contributed by atoms with Gasteiger partial charge in [0.15, 0.2) is 0 Å². The minimum Gasteiger partial charge on any atom is -0.319 e. The average Bonchev–Trinajstić information content (AvgIpc) is 2.43. The van der Waals surface area contributed by atoms with Gasteiger partial charge >= 0.3 is 10.2 Å². The molecule has 0 unspecified atom stereocenters. The van der Waals surface area contributed by atoms with E-state index in [1.165, 1.54) is 22.5 Å². The van der Waals surface area contributed by atoms with E-state index in [-0.39, 0.29) is 5.82 Å². The minimum absolute atomic E-state index is 0.379. The second-order valence-corrected chi connectivity index (χ2v) is 7.96. The van der Waals surface area contributed by atoms with Crippen LogP contribution in [-0.4, -0.2) is 39.4 Å². The number of halogens is 2. The van der Waals surface area contributed by atoms with Crippen molar-refractivity contribution in [2.75, 3.05) is 31.4 Å². The van der Waals surface area contributed by atoms with Gasteiger partial charge in [-0.2, -0.15) is 12.7 Å². The highest BCUT2D eigenvalue weighted by molar-refractivity contribution is 14.1. The average molecular weight is 427 g/mol. The lowest BCUT2D eigenvalue weighted by molar-refractivity contribution is 0.272. The van der Waals surface area contributed by atoms with Crippen molar-refractivity contribution in [2.24, 2.45) is 5.92 Å². The first-order valence-electron chi connectivity index (χ1n) is 6.80. The Labute approximate surface area is 138 Å². The number of nitrogens with one attached hydrogen (secondary N) is 2. The first-order chi connectivity index (χ1) is 9.92. The maximum absolute atomic E-state index is 13.1. The Kier molecular flexibility index (Phi) is 5.81. The Hall–Kier alpha value is -0.450. The van der Waals surface area contributed by atoms with E-state index >= 15 is 0 Å². The van der Waals surface area contributed by atoms with Gasteiger partial charge in [-0.05, 0) is 73.1 Å². The predicted molar refractivity (Wildman–Crippen MR) is 89.9 cm³/mol. The summed E-state index contributed by atoms with van der Waals surface area (Å²) in [5, 5.41) is 3.12. The molecule has 1 aromatic carbocycles. The molecule has 0 spiro atoms. The molecule has 118 valence electrons. The summed E-state index contributed by atoms with van der Waals surface area (Å²) in [4.78, 5) is 0. The minimum atomic E-state index is -3.57. The number of piperidine rings is 1. The van der Waals surface area contributed by atoms with Crippen molar-refractivity contribution in [3.05, 3.63) is 27.6 Å². The van der Waals surface area contributed by atoms with Crippen LogP contribution in [0.1, 0.15) is 12.8 Å². The predicted octanol–water partition coefficient (Wildman–Crippen LogP) is 2.02. The quantitative estimate of drug-likeness (QED) is 0.708. The van der Waals surface area contributed by atoms with E-state index in [4.69, 9.17) is 0 Å². The first-order valence-corrected chi connectivity index (χ1v) is 9.32. The summed E-state index contributed by atoms with van der Waals surface area (Å²) in [6, 6.07) is 4.00. The van der Waals surface area contributed by atoms with Gasteiger partial charge in [-0.25, -0.2) is 4.39 Å². The van der Waals surface area contributed by atoms with Crippen LogP contribution in [0.4, 0.5) is 10.1 Å². The second kappa shape index (κ2) is 7.21. The number of anilines is 1. The molecule has 1 aliphatic rings. The van der Waals surface area contributed by atoms with Crippen LogP contribution in [0.5, 0.6) is 0 Å². The SMILES string of the molecule is CNCC1CCN(S(=O)(=O)Nc2ccc(F)cc2I)CC1. The molecule has 0 amide bonds. The Balaban J connectivity index is 2.02. The van der Waals surface area contributed by atoms with E-state index in [1.54, 1.807) is 0 Å². The first kappa shape index (κ1) is 16.9. The fourth-order valence-electron chi connectivity index (χ4n) is 2.42. The van der Waals surface area contributed by atoms with E-state index in [2.05, 4.69) is 10.0 Å². The zero-order chi connectivity index (χ0) is 15.5. The van der Waals surface area contributed by atoms with Crippen molar-refractivity contribution in [2.45, 2.75) is 12.8 Å². The van der Waals surface area contributed by atoms with E-state index in [0.717, 1.165) is 19.4 Å². The molecule has 0 bridgehead atoms. The Bertz CT molecular complexity index is 589. The molecule has 1 aromatic rings. The van der Waals surface area contributed by atoms with Crippen LogP contribution in [-0.2, 0) is 10.2 Å². The molecule has 0 radical (unpaired) electrons. The summed E-state index contributed by atoms with van der Waals surface area (Å²) in [5.41, 5.74) is 0.411. The second-order valence-electron chi connectivity index (χ2n) is 5.13. The molecule has 21 heavy (non-hydrogen) atoms. The monoisotopic (exact) mass is 427 g/mol. The van der Waals surface area contributed by atoms with Crippen molar-refractivity contribution in [3.8, 4) is 0 Å². The van der Waals surface area contributed by atoms with Crippen LogP contribution in [0.15, 0.2) is 18.2 Å². The van der Waals surface area contributed by atoms with Crippen molar-refractivity contribution in [1.29, 1.82) is 0 Å². The van der Waals surface area contributed by atoms with Crippen molar-refractivity contribution < 1.29 is 12.8 Å². The summed E-state index contributed by atoms with van der Waals surface area (Å²) in [5.74, 6) is 0.141. The van der Waals surface area contributed by atoms with Gasteiger partial charge in [-0.15, -0.1) is 0 Å². The molecule has 0 saturated carbocycles. The van der Waals surface area contributed by atoms with E-state index < -0.39 is 10.2 Å². The number of hydrogen-bond acceptors (Lipinski definition) is 3. The zero-order valence-electron chi connectivity index (χ0n) is 11.8. The molecule has 8 heteroatoms. The standard InChI is InChI=1S/C13H19FIN3O2S/c1-16-9-10-4-6-18(7-5-10)21(19,20)17-13-3-2-11(14)8-12(13)15/h2-3,8,10,16-17H,4-7,9H2,1H3. The summed E-state index contributed by atoms with van der Waals surface area (Å²) in [6.45, 7) is 1.94. The highest BCUT2D eigenvalue weighted by Crippen LogP contribution is 2.23. The number of rotatable bonds is 5. The van der Waals surface area contributed by atoms with E-state index in [0.29, 0.717) is 28.3 Å². The van der Waals surface area contributed by atoms with Gasteiger partial charge in [0.2, 0.25) is 0 Å². The molecule has 1 fully saturated rings. The van der Waals surface area contributed by atoms with Crippen LogP contribution in [0, 0.1) is 15.3 Å². The Morgan fingerprint density at radius 1 is 1.38 bits per heavy atom. The maximum Gasteiger partial charge on any atom is 0.301 e. The third-order valence-corrected chi connectivity index (χ3v) is 5.99. The summed E-state index contributed by atoms with van der Waals surface area (Å²) in [6.07, 6.45) is 1.70. The number of nitrogens with zero attached hydrogens (tertiary/aromatic N) is 1. The summed E-state index contributed by atoms with van der Waals surface area (Å²) in [7, 11) is -1.67. The fraction of sp³-hybridized carbons (Fsp3) is 0.538. The Morgan fingerprint density at radius 3 is 2.62 bits per heavy atom. The van der Waals surface area contributed by atoms with Crippen LogP contribution in [0.3, 0.4) is 0 Å². The van der Waals surface area contributed by atoms with Gasteiger partial charge < -0.3 is 5.32 Å². The lowest BCUT2D eigenvalue weighted by Crippen LogP contribution is -2.43. The lowest BCUT2D eigenvalue weighted by Gasteiger charge is -2.31. The highest BCUT2D eigenvalue weighted by atomic mass is 127. The smallest absolute Gasteiger partial charge is 0.301 e. The lowest BCUT2D eigenvalue weighted by atomic mass is 9.98. The van der Waals surface area contributed by atoms with Crippen LogP contribution in [0.25, 0.3) is 0 Å². The molecule has 5 nitrogen and oxygen atoms in total. The summed E-state index contributed by atoms with van der Waals surface area (Å²) >= 11 is 1.92. The molecule has 1 saturated heterocycles. The molecule has 0 atom stereocenters. The van der Waals surface area contributed by atoms with Crippen molar-refractivity contribution >= 4 is 38.5 Å². The summed E-state index contributed by atoms with van der Waals surface area (Å²) < 4.78 is 42.3. The van der Waals surface area contributed by atoms with Gasteiger partial charge in [0.25, 0.3) is 0 Å². The third-order valence-electron chi connectivity index (χ3n) is 3.58. The van der Waals surface area contributed by atoms with Crippen molar-refractivity contribution in [1.82, 2.24) is 9.62 Å². The van der Waals surface area contributed by atoms with Crippen molar-refractivity contribution in [3.63, 3.8) is 0 Å². The zero-order valence-corrected chi connectivity index (χ0v) is 14.7. The fourth-order valence-corrected chi connectivity index (χ4v) is 4.49. The molecular formula is C13H19FIN3O2S. The van der Waals surface area contributed by atoms with Crippen LogP contribution >= 0.6 is 22.6 Å². The van der Waals surface area contributed by atoms with E-state index in [1.807, 2.05) is 29.6 Å². The van der Waals surface area contributed by atoms with Gasteiger partial charge in [0, 0.05) is 16.7 Å². The molecule has 0 aromatic heterocycles. The van der Waals surface area contributed by atoms with E-state index in [9.17, 15) is 12.8 Å². The largest absolute Gasteiger partial charge is 0.319 e. The molecule has 1 aliphatic heterocycles. The number of benzene rings is 1. The number of hydrogen-bond donors (Lipinski definition) is 2. The van der Waals surface area contributed by atoms with Gasteiger partial charge in [0.1, 0.15) is 5.82 Å². The maximum atomic E-state index is 13.1. The molecule has 2 rings (SSSR count). The molecular weight excluding hydrogens is 408 g/mol. The van der Waals surface area contributed by atoms with Gasteiger partial charge in [-0.1, -0.05) is 0 Å².